The van der Waals surface area contributed by atoms with Crippen LogP contribution in [-0.4, -0.2) is 9.55 Å². The molecule has 0 atom stereocenters. The summed E-state index contributed by atoms with van der Waals surface area (Å²) in [5, 5.41) is 0. The molecule has 0 aliphatic rings. The van der Waals surface area contributed by atoms with E-state index < -0.39 is 11.7 Å². The topological polar surface area (TPSA) is 34.9 Å². The Bertz CT molecular complexity index is 1180. The predicted octanol–water partition coefficient (Wildman–Crippen LogP) is 5.13. The summed E-state index contributed by atoms with van der Waals surface area (Å²) in [4.78, 5) is 17.6. The first kappa shape index (κ1) is 18.0. The summed E-state index contributed by atoms with van der Waals surface area (Å²) in [5.74, 6) is 0. The molecular weight excluding hydrogens is 365 g/mol. The van der Waals surface area contributed by atoms with Crippen LogP contribution in [0.4, 0.5) is 13.2 Å². The van der Waals surface area contributed by atoms with Gasteiger partial charge in [-0.3, -0.25) is 4.79 Å². The van der Waals surface area contributed by atoms with Crippen LogP contribution in [0.15, 0.2) is 83.7 Å². The first-order valence-corrected chi connectivity index (χ1v) is 8.64. The van der Waals surface area contributed by atoms with Gasteiger partial charge in [0.15, 0.2) is 0 Å². The van der Waals surface area contributed by atoms with Crippen molar-refractivity contribution in [2.24, 2.45) is 0 Å². The zero-order valence-electron chi connectivity index (χ0n) is 14.6. The monoisotopic (exact) mass is 380 g/mol. The molecule has 0 bridgehead atoms. The van der Waals surface area contributed by atoms with E-state index in [1.165, 1.54) is 12.1 Å². The summed E-state index contributed by atoms with van der Waals surface area (Å²) in [7, 11) is 0. The number of aromatic nitrogens is 2. The van der Waals surface area contributed by atoms with Crippen molar-refractivity contribution in [1.29, 1.82) is 0 Å². The number of halogens is 3. The Labute approximate surface area is 158 Å². The highest BCUT2D eigenvalue weighted by atomic mass is 19.4. The van der Waals surface area contributed by atoms with Gasteiger partial charge in [0.2, 0.25) is 0 Å². The molecule has 0 saturated heterocycles. The Morgan fingerprint density at radius 3 is 2.14 bits per heavy atom. The molecule has 0 N–H and O–H groups in total. The fourth-order valence-corrected chi connectivity index (χ4v) is 3.12. The van der Waals surface area contributed by atoms with E-state index in [1.54, 1.807) is 10.6 Å². The number of nitrogens with zero attached hydrogens (tertiary/aromatic N) is 2. The number of benzene rings is 3. The SMILES string of the molecule is O=c1c(-c2ccc(C(F)(F)F)cc2)nc2ccccc2n1Cc1ccccc1. The smallest absolute Gasteiger partial charge is 0.300 e. The first-order valence-electron chi connectivity index (χ1n) is 8.64. The van der Waals surface area contributed by atoms with Gasteiger partial charge in [0.1, 0.15) is 5.69 Å². The standard InChI is InChI=1S/C22H15F3N2O/c23-22(24,25)17-12-10-16(11-13-17)20-21(28)27(14-15-6-2-1-3-7-15)19-9-5-4-8-18(19)26-20/h1-13H,14H2. The van der Waals surface area contributed by atoms with Crippen molar-refractivity contribution in [1.82, 2.24) is 9.55 Å². The summed E-state index contributed by atoms with van der Waals surface area (Å²) < 4.78 is 40.1. The van der Waals surface area contributed by atoms with Gasteiger partial charge < -0.3 is 4.57 Å². The molecule has 0 radical (unpaired) electrons. The third-order valence-electron chi connectivity index (χ3n) is 4.52. The van der Waals surface area contributed by atoms with Crippen LogP contribution in [0.1, 0.15) is 11.1 Å². The number of hydrogen-bond acceptors (Lipinski definition) is 2. The number of rotatable bonds is 3. The molecule has 3 aromatic carbocycles. The minimum absolute atomic E-state index is 0.128. The minimum atomic E-state index is -4.43. The van der Waals surface area contributed by atoms with Crippen LogP contribution in [0, 0.1) is 0 Å². The van der Waals surface area contributed by atoms with E-state index in [2.05, 4.69) is 4.98 Å². The lowest BCUT2D eigenvalue weighted by molar-refractivity contribution is -0.137. The van der Waals surface area contributed by atoms with Gasteiger partial charge in [0.25, 0.3) is 5.56 Å². The van der Waals surface area contributed by atoms with Crippen molar-refractivity contribution in [2.75, 3.05) is 0 Å². The maximum absolute atomic E-state index is 13.1. The highest BCUT2D eigenvalue weighted by Gasteiger charge is 2.30. The zero-order valence-corrected chi connectivity index (χ0v) is 14.6. The molecule has 4 aromatic rings. The Kier molecular flexibility index (Phi) is 4.47. The highest BCUT2D eigenvalue weighted by Crippen LogP contribution is 2.30. The van der Waals surface area contributed by atoms with Crippen LogP contribution in [-0.2, 0) is 12.7 Å². The average molecular weight is 380 g/mol. The molecule has 0 aliphatic heterocycles. The summed E-state index contributed by atoms with van der Waals surface area (Å²) in [6, 6.07) is 21.2. The van der Waals surface area contributed by atoms with Gasteiger partial charge in [0.05, 0.1) is 23.1 Å². The maximum Gasteiger partial charge on any atom is 0.416 e. The van der Waals surface area contributed by atoms with Crippen molar-refractivity contribution in [3.8, 4) is 11.3 Å². The molecule has 0 aliphatic carbocycles. The zero-order chi connectivity index (χ0) is 19.7. The van der Waals surface area contributed by atoms with E-state index in [4.69, 9.17) is 0 Å². The summed E-state index contributed by atoms with van der Waals surface area (Å²) in [6.45, 7) is 0.344. The second-order valence-electron chi connectivity index (χ2n) is 6.40. The van der Waals surface area contributed by atoms with Crippen LogP contribution in [0.5, 0.6) is 0 Å². The van der Waals surface area contributed by atoms with E-state index in [-0.39, 0.29) is 11.3 Å². The maximum atomic E-state index is 13.1. The number of para-hydroxylation sites is 2. The molecule has 1 heterocycles. The predicted molar refractivity (Wildman–Crippen MR) is 102 cm³/mol. The Balaban J connectivity index is 1.88. The normalized spacial score (nSPS) is 11.7. The van der Waals surface area contributed by atoms with Crippen LogP contribution >= 0.6 is 0 Å². The fraction of sp³-hybridized carbons (Fsp3) is 0.0909. The van der Waals surface area contributed by atoms with Gasteiger partial charge in [-0.15, -0.1) is 0 Å². The van der Waals surface area contributed by atoms with Gasteiger partial charge in [-0.1, -0.05) is 54.6 Å². The Morgan fingerprint density at radius 2 is 1.46 bits per heavy atom. The molecule has 0 saturated carbocycles. The molecule has 3 nitrogen and oxygen atoms in total. The largest absolute Gasteiger partial charge is 0.416 e. The Morgan fingerprint density at radius 1 is 0.821 bits per heavy atom. The van der Waals surface area contributed by atoms with E-state index in [0.717, 1.165) is 17.7 Å². The average Bonchev–Trinajstić information content (AvgIpc) is 2.70. The molecule has 4 rings (SSSR count). The quantitative estimate of drug-likeness (QED) is 0.494. The first-order chi connectivity index (χ1) is 13.4. The van der Waals surface area contributed by atoms with Crippen LogP contribution in [0.3, 0.4) is 0 Å². The molecule has 0 amide bonds. The number of alkyl halides is 3. The van der Waals surface area contributed by atoms with E-state index in [0.29, 0.717) is 23.1 Å². The summed E-state index contributed by atoms with van der Waals surface area (Å²) in [6.07, 6.45) is -4.43. The summed E-state index contributed by atoms with van der Waals surface area (Å²) in [5.41, 5.74) is 1.59. The lowest BCUT2D eigenvalue weighted by atomic mass is 10.1. The number of fused-ring (bicyclic) bond motifs is 1. The lowest BCUT2D eigenvalue weighted by Gasteiger charge is -2.13. The highest BCUT2D eigenvalue weighted by molar-refractivity contribution is 5.78. The second-order valence-corrected chi connectivity index (χ2v) is 6.40. The fourth-order valence-electron chi connectivity index (χ4n) is 3.12. The second kappa shape index (κ2) is 6.96. The Hall–Kier alpha value is -3.41. The van der Waals surface area contributed by atoms with Gasteiger partial charge in [-0.05, 0) is 29.8 Å². The van der Waals surface area contributed by atoms with E-state index in [9.17, 15) is 18.0 Å². The summed E-state index contributed by atoms with van der Waals surface area (Å²) >= 11 is 0. The molecule has 6 heteroatoms. The molecule has 0 spiro atoms. The minimum Gasteiger partial charge on any atom is -0.300 e. The molecule has 0 unspecified atom stereocenters. The van der Waals surface area contributed by atoms with Crippen LogP contribution in [0.25, 0.3) is 22.3 Å². The van der Waals surface area contributed by atoms with Crippen molar-refractivity contribution in [3.63, 3.8) is 0 Å². The third kappa shape index (κ3) is 3.41. The van der Waals surface area contributed by atoms with Crippen molar-refractivity contribution < 1.29 is 13.2 Å². The van der Waals surface area contributed by atoms with E-state index in [1.807, 2.05) is 48.5 Å². The third-order valence-corrected chi connectivity index (χ3v) is 4.52. The van der Waals surface area contributed by atoms with Crippen LogP contribution < -0.4 is 5.56 Å². The van der Waals surface area contributed by atoms with Gasteiger partial charge in [-0.25, -0.2) is 4.98 Å². The molecule has 1 aromatic heterocycles. The molecular formula is C22H15F3N2O. The lowest BCUT2D eigenvalue weighted by Crippen LogP contribution is -2.24. The van der Waals surface area contributed by atoms with Gasteiger partial charge >= 0.3 is 6.18 Å². The molecule has 140 valence electrons. The number of hydrogen-bond donors (Lipinski definition) is 0. The molecule has 0 fully saturated rings. The van der Waals surface area contributed by atoms with Gasteiger partial charge in [0, 0.05) is 5.56 Å². The van der Waals surface area contributed by atoms with Gasteiger partial charge in [-0.2, -0.15) is 13.2 Å². The van der Waals surface area contributed by atoms with Crippen LogP contribution in [0.2, 0.25) is 0 Å². The van der Waals surface area contributed by atoms with Crippen molar-refractivity contribution in [3.05, 3.63) is 100 Å². The van der Waals surface area contributed by atoms with E-state index >= 15 is 0 Å². The van der Waals surface area contributed by atoms with Crippen molar-refractivity contribution >= 4 is 11.0 Å². The molecule has 28 heavy (non-hydrogen) atoms. The van der Waals surface area contributed by atoms with Crippen molar-refractivity contribution in [2.45, 2.75) is 12.7 Å².